The summed E-state index contributed by atoms with van der Waals surface area (Å²) in [5.41, 5.74) is -0.154. The molecule has 0 saturated heterocycles. The van der Waals surface area contributed by atoms with E-state index in [2.05, 4.69) is 0 Å². The molecule has 1 heterocycles. The Morgan fingerprint density at radius 1 is 0.933 bits per heavy atom. The third kappa shape index (κ3) is 3.72. The van der Waals surface area contributed by atoms with Gasteiger partial charge >= 0.3 is 0 Å². The molecule has 0 spiro atoms. The number of Topliss-reactive ketones (excluding diaryl/α,β-unsaturated/α-hetero) is 1. The highest BCUT2D eigenvalue weighted by atomic mass is 35.5. The quantitative estimate of drug-likeness (QED) is 0.500. The number of amides is 1. The minimum atomic E-state index is -2.03. The Bertz CT molecular complexity index is 1150. The van der Waals surface area contributed by atoms with Crippen LogP contribution in [0.15, 0.2) is 66.7 Å². The van der Waals surface area contributed by atoms with Gasteiger partial charge in [-0.2, -0.15) is 0 Å². The molecule has 1 aliphatic rings. The summed E-state index contributed by atoms with van der Waals surface area (Å²) in [5, 5.41) is 12.8. The molecule has 30 heavy (non-hydrogen) atoms. The van der Waals surface area contributed by atoms with E-state index in [1.807, 2.05) is 6.07 Å². The maximum absolute atomic E-state index is 13.3. The van der Waals surface area contributed by atoms with Crippen molar-refractivity contribution in [1.29, 1.82) is 0 Å². The molecule has 7 heteroatoms. The summed E-state index contributed by atoms with van der Waals surface area (Å²) < 4.78 is 0. The molecule has 0 radical (unpaired) electrons. The molecule has 1 amide bonds. The fraction of sp³-hybridized carbons (Fsp3) is 0.130. The van der Waals surface area contributed by atoms with Crippen LogP contribution in [-0.2, 0) is 16.9 Å². The molecule has 0 aliphatic carbocycles. The standard InChI is InChI=1S/C23H16Cl3NO3/c24-16-7-5-14(6-8-16)21(28)12-23(30)18-11-17(25)9-10-20(18)27(22(23)29)13-15-3-1-2-4-19(15)26/h1-11,30H,12-13H2. The van der Waals surface area contributed by atoms with Crippen molar-refractivity contribution in [1.82, 2.24) is 0 Å². The van der Waals surface area contributed by atoms with Gasteiger partial charge in [-0.15, -0.1) is 0 Å². The van der Waals surface area contributed by atoms with Gasteiger partial charge in [-0.1, -0.05) is 53.0 Å². The van der Waals surface area contributed by atoms with Crippen LogP contribution in [0, 0.1) is 0 Å². The van der Waals surface area contributed by atoms with E-state index in [1.165, 1.54) is 11.0 Å². The van der Waals surface area contributed by atoms with Crippen molar-refractivity contribution in [3.63, 3.8) is 0 Å². The van der Waals surface area contributed by atoms with E-state index < -0.39 is 17.9 Å². The number of fused-ring (bicyclic) bond motifs is 1. The van der Waals surface area contributed by atoms with Gasteiger partial charge in [0.05, 0.1) is 18.7 Å². The average Bonchev–Trinajstić information content (AvgIpc) is 2.91. The lowest BCUT2D eigenvalue weighted by atomic mass is 9.88. The van der Waals surface area contributed by atoms with E-state index in [1.54, 1.807) is 54.6 Å². The van der Waals surface area contributed by atoms with Gasteiger partial charge in [-0.3, -0.25) is 9.59 Å². The fourth-order valence-electron chi connectivity index (χ4n) is 3.62. The van der Waals surface area contributed by atoms with Crippen molar-refractivity contribution in [2.45, 2.75) is 18.6 Å². The maximum Gasteiger partial charge on any atom is 0.264 e. The summed E-state index contributed by atoms with van der Waals surface area (Å²) in [7, 11) is 0. The number of carbonyl (C=O) groups excluding carboxylic acids is 2. The van der Waals surface area contributed by atoms with Crippen LogP contribution in [0.4, 0.5) is 5.69 Å². The first-order valence-corrected chi connectivity index (χ1v) is 10.3. The first-order valence-electron chi connectivity index (χ1n) is 9.16. The van der Waals surface area contributed by atoms with Crippen molar-refractivity contribution in [2.24, 2.45) is 0 Å². The number of hydrogen-bond donors (Lipinski definition) is 1. The summed E-state index contributed by atoms with van der Waals surface area (Å²) >= 11 is 18.3. The molecule has 4 nitrogen and oxygen atoms in total. The van der Waals surface area contributed by atoms with E-state index in [-0.39, 0.29) is 12.3 Å². The number of rotatable bonds is 5. The lowest BCUT2D eigenvalue weighted by Crippen LogP contribution is -2.41. The Morgan fingerprint density at radius 3 is 2.30 bits per heavy atom. The molecule has 0 bridgehead atoms. The van der Waals surface area contributed by atoms with Gasteiger partial charge in [-0.25, -0.2) is 0 Å². The first-order chi connectivity index (χ1) is 14.3. The summed E-state index contributed by atoms with van der Waals surface area (Å²) in [5.74, 6) is -0.977. The monoisotopic (exact) mass is 459 g/mol. The minimum absolute atomic E-state index is 0.157. The summed E-state index contributed by atoms with van der Waals surface area (Å²) in [4.78, 5) is 27.6. The Hall–Kier alpha value is -2.37. The van der Waals surface area contributed by atoms with Crippen molar-refractivity contribution in [3.8, 4) is 0 Å². The molecule has 152 valence electrons. The van der Waals surface area contributed by atoms with E-state index in [4.69, 9.17) is 34.8 Å². The summed E-state index contributed by atoms with van der Waals surface area (Å²) in [6.45, 7) is 0.157. The number of ketones is 1. The van der Waals surface area contributed by atoms with Gasteiger partial charge in [0.2, 0.25) is 0 Å². The van der Waals surface area contributed by atoms with Gasteiger partial charge in [0.25, 0.3) is 5.91 Å². The average molecular weight is 461 g/mol. The lowest BCUT2D eigenvalue weighted by molar-refractivity contribution is -0.136. The highest BCUT2D eigenvalue weighted by molar-refractivity contribution is 6.32. The van der Waals surface area contributed by atoms with Crippen LogP contribution >= 0.6 is 34.8 Å². The molecule has 3 aromatic rings. The van der Waals surface area contributed by atoms with Crippen molar-refractivity contribution < 1.29 is 14.7 Å². The second-order valence-corrected chi connectivity index (χ2v) is 8.39. The van der Waals surface area contributed by atoms with Crippen LogP contribution in [0.2, 0.25) is 15.1 Å². The SMILES string of the molecule is O=C(CC1(O)C(=O)N(Cc2ccccc2Cl)c2ccc(Cl)cc21)c1ccc(Cl)cc1. The van der Waals surface area contributed by atoms with Crippen LogP contribution < -0.4 is 4.90 Å². The van der Waals surface area contributed by atoms with Gasteiger partial charge in [0.15, 0.2) is 11.4 Å². The Labute approximate surface area is 188 Å². The number of carbonyl (C=O) groups is 2. The van der Waals surface area contributed by atoms with Crippen LogP contribution in [-0.4, -0.2) is 16.8 Å². The van der Waals surface area contributed by atoms with Gasteiger partial charge in [0, 0.05) is 26.2 Å². The van der Waals surface area contributed by atoms with Crippen molar-refractivity contribution in [3.05, 3.63) is 98.5 Å². The van der Waals surface area contributed by atoms with E-state index in [0.29, 0.717) is 31.9 Å². The van der Waals surface area contributed by atoms with Gasteiger partial charge < -0.3 is 10.0 Å². The number of aliphatic hydroxyl groups is 1. The number of anilines is 1. The molecule has 4 rings (SSSR count). The molecule has 0 saturated carbocycles. The zero-order chi connectivity index (χ0) is 21.5. The normalized spacial score (nSPS) is 17.9. The number of halogens is 3. The Kier molecular flexibility index (Phi) is 5.60. The zero-order valence-corrected chi connectivity index (χ0v) is 17.9. The predicted octanol–water partition coefficient (Wildman–Crippen LogP) is 5.65. The largest absolute Gasteiger partial charge is 0.375 e. The fourth-order valence-corrected chi connectivity index (χ4v) is 4.11. The van der Waals surface area contributed by atoms with Crippen molar-refractivity contribution >= 4 is 52.2 Å². The highest BCUT2D eigenvalue weighted by Gasteiger charge is 2.51. The van der Waals surface area contributed by atoms with E-state index in [9.17, 15) is 14.7 Å². The second kappa shape index (κ2) is 8.05. The summed E-state index contributed by atoms with van der Waals surface area (Å²) in [6, 6.07) is 18.3. The minimum Gasteiger partial charge on any atom is -0.375 e. The first kappa shape index (κ1) is 20.9. The summed E-state index contributed by atoms with van der Waals surface area (Å²) in [6.07, 6.45) is -0.417. The number of hydrogen-bond acceptors (Lipinski definition) is 3. The van der Waals surface area contributed by atoms with Crippen molar-refractivity contribution in [2.75, 3.05) is 4.90 Å². The highest BCUT2D eigenvalue weighted by Crippen LogP contribution is 2.45. The molecule has 0 fully saturated rings. The third-order valence-electron chi connectivity index (χ3n) is 5.16. The molecule has 1 atom stereocenters. The van der Waals surface area contributed by atoms with Crippen LogP contribution in [0.25, 0.3) is 0 Å². The van der Waals surface area contributed by atoms with Gasteiger partial charge in [0.1, 0.15) is 0 Å². The van der Waals surface area contributed by atoms with E-state index in [0.717, 1.165) is 5.56 Å². The Balaban J connectivity index is 1.72. The molecule has 1 unspecified atom stereocenters. The molecule has 0 aromatic heterocycles. The van der Waals surface area contributed by atoms with E-state index >= 15 is 0 Å². The molecular formula is C23H16Cl3NO3. The second-order valence-electron chi connectivity index (χ2n) is 7.11. The van der Waals surface area contributed by atoms with Crippen LogP contribution in [0.5, 0.6) is 0 Å². The Morgan fingerprint density at radius 2 is 1.60 bits per heavy atom. The number of benzene rings is 3. The smallest absolute Gasteiger partial charge is 0.264 e. The predicted molar refractivity (Wildman–Crippen MR) is 118 cm³/mol. The van der Waals surface area contributed by atoms with Gasteiger partial charge in [-0.05, 0) is 54.1 Å². The number of nitrogens with zero attached hydrogens (tertiary/aromatic N) is 1. The maximum atomic E-state index is 13.3. The molecular weight excluding hydrogens is 445 g/mol. The molecule has 1 N–H and O–H groups in total. The van der Waals surface area contributed by atoms with Crippen LogP contribution in [0.1, 0.15) is 27.9 Å². The molecule has 3 aromatic carbocycles. The molecule has 1 aliphatic heterocycles. The zero-order valence-electron chi connectivity index (χ0n) is 15.6. The topological polar surface area (TPSA) is 57.6 Å². The van der Waals surface area contributed by atoms with Crippen LogP contribution in [0.3, 0.4) is 0 Å². The third-order valence-corrected chi connectivity index (χ3v) is 6.02. The lowest BCUT2D eigenvalue weighted by Gasteiger charge is -2.23.